The topological polar surface area (TPSA) is 126 Å². The Hall–Kier alpha value is -3.51. The van der Waals surface area contributed by atoms with Gasteiger partial charge in [-0.1, -0.05) is 51.0 Å². The van der Waals surface area contributed by atoms with E-state index in [-0.39, 0.29) is 54.7 Å². The smallest absolute Gasteiger partial charge is 0.410 e. The largest absolute Gasteiger partial charge is 0.457 e. The Morgan fingerprint density at radius 2 is 1.73 bits per heavy atom. The van der Waals surface area contributed by atoms with E-state index in [0.717, 1.165) is 5.57 Å². The number of amides is 3. The first-order valence-corrected chi connectivity index (χ1v) is 14.5. The molecule has 0 aromatic heterocycles. The summed E-state index contributed by atoms with van der Waals surface area (Å²) in [6.45, 7) is 15.4. The molecule has 222 valence electrons. The van der Waals surface area contributed by atoms with Crippen LogP contribution in [-0.2, 0) is 23.8 Å². The summed E-state index contributed by atoms with van der Waals surface area (Å²) in [6.07, 6.45) is 5.09. The fraction of sp³-hybridized carbons (Fsp3) is 0.517. The molecule has 6 atom stereocenters. The fourth-order valence-electron chi connectivity index (χ4n) is 5.88. The van der Waals surface area contributed by atoms with Gasteiger partial charge in [0, 0.05) is 35.7 Å². The highest BCUT2D eigenvalue weighted by Gasteiger charge is 2.60. The lowest BCUT2D eigenvalue weighted by Crippen LogP contribution is -2.63. The number of carbonyl (C=O) groups is 4. The molecule has 11 nitrogen and oxygen atoms in total. The van der Waals surface area contributed by atoms with Gasteiger partial charge in [-0.05, 0) is 18.9 Å². The van der Waals surface area contributed by atoms with E-state index >= 15 is 0 Å². The van der Waals surface area contributed by atoms with E-state index in [1.54, 1.807) is 16.7 Å². The van der Waals surface area contributed by atoms with Gasteiger partial charge in [0.2, 0.25) is 5.91 Å². The number of likely N-dealkylation sites (tertiary alicyclic amines) is 1. The van der Waals surface area contributed by atoms with E-state index in [9.17, 15) is 24.3 Å². The summed E-state index contributed by atoms with van der Waals surface area (Å²) in [5, 5.41) is 10.1. The highest BCUT2D eigenvalue weighted by molar-refractivity contribution is 8.03. The lowest BCUT2D eigenvalue weighted by molar-refractivity contribution is -0.164. The van der Waals surface area contributed by atoms with E-state index < -0.39 is 30.2 Å². The van der Waals surface area contributed by atoms with E-state index in [2.05, 4.69) is 19.7 Å². The highest BCUT2D eigenvalue weighted by Crippen LogP contribution is 2.52. The maximum atomic E-state index is 13.1. The molecule has 0 aromatic rings. The molecule has 0 spiro atoms. The number of β-lactam (4-membered cyclic amide) rings is 1. The van der Waals surface area contributed by atoms with Gasteiger partial charge >= 0.3 is 18.2 Å². The van der Waals surface area contributed by atoms with Gasteiger partial charge in [0.25, 0.3) is 0 Å². The minimum absolute atomic E-state index is 0.00446. The average molecular weight is 588 g/mol. The summed E-state index contributed by atoms with van der Waals surface area (Å²) < 4.78 is 15.9. The van der Waals surface area contributed by atoms with Gasteiger partial charge in [-0.3, -0.25) is 4.79 Å². The van der Waals surface area contributed by atoms with Crippen LogP contribution in [0.3, 0.4) is 0 Å². The molecule has 4 rings (SSSR count). The SMILES string of the molecule is C=CCOC(=O)C1=C(S[C@H]2C[C@@H](C3=CCN(C(=O)OCC=C)C3)N(C(=O)OCC=C)C2)[C@H](C)[C@@H]2[C@@H]([C@@H](C)O)C(=O)N12. The number of hydrogen-bond acceptors (Lipinski definition) is 9. The van der Waals surface area contributed by atoms with E-state index in [0.29, 0.717) is 31.0 Å². The number of esters is 1. The predicted octanol–water partition coefficient (Wildman–Crippen LogP) is 2.85. The highest BCUT2D eigenvalue weighted by atomic mass is 32.2. The first-order chi connectivity index (χ1) is 19.6. The number of aliphatic hydroxyl groups excluding tert-OH is 1. The zero-order chi connectivity index (χ0) is 29.8. The minimum Gasteiger partial charge on any atom is -0.457 e. The first kappa shape index (κ1) is 30.4. The Labute approximate surface area is 244 Å². The molecule has 2 fully saturated rings. The number of fused-ring (bicyclic) bond motifs is 1. The Morgan fingerprint density at radius 3 is 2.37 bits per heavy atom. The van der Waals surface area contributed by atoms with Gasteiger partial charge in [-0.2, -0.15) is 0 Å². The van der Waals surface area contributed by atoms with Crippen molar-refractivity contribution in [2.45, 2.75) is 43.7 Å². The van der Waals surface area contributed by atoms with E-state index in [1.807, 2.05) is 13.0 Å². The number of thioether (sulfide) groups is 1. The van der Waals surface area contributed by atoms with Crippen LogP contribution in [0, 0.1) is 11.8 Å². The van der Waals surface area contributed by atoms with Crippen molar-refractivity contribution in [3.8, 4) is 0 Å². The molecule has 3 amide bonds. The second-order valence-electron chi connectivity index (χ2n) is 10.4. The van der Waals surface area contributed by atoms with Gasteiger partial charge in [0.1, 0.15) is 25.5 Å². The molecular formula is C29H37N3O8S. The molecule has 0 radical (unpaired) electrons. The van der Waals surface area contributed by atoms with Crippen LogP contribution < -0.4 is 0 Å². The number of carbonyl (C=O) groups excluding carboxylic acids is 4. The summed E-state index contributed by atoms with van der Waals surface area (Å²) in [6, 6.07) is -0.686. The van der Waals surface area contributed by atoms with Crippen molar-refractivity contribution >= 4 is 35.8 Å². The van der Waals surface area contributed by atoms with Crippen LogP contribution in [0.2, 0.25) is 0 Å². The number of nitrogens with zero attached hydrogens (tertiary/aromatic N) is 3. The second-order valence-corrected chi connectivity index (χ2v) is 11.7. The molecule has 41 heavy (non-hydrogen) atoms. The van der Waals surface area contributed by atoms with Crippen LogP contribution in [0.4, 0.5) is 9.59 Å². The fourth-order valence-corrected chi connectivity index (χ4v) is 7.40. The van der Waals surface area contributed by atoms with Gasteiger partial charge < -0.3 is 34.0 Å². The van der Waals surface area contributed by atoms with Crippen molar-refractivity contribution in [3.05, 3.63) is 60.2 Å². The van der Waals surface area contributed by atoms with Crippen LogP contribution in [-0.4, -0.2) is 107 Å². The molecule has 4 aliphatic rings. The Morgan fingerprint density at radius 1 is 1.10 bits per heavy atom. The quantitative estimate of drug-likeness (QED) is 0.168. The molecule has 0 saturated carbocycles. The van der Waals surface area contributed by atoms with E-state index in [4.69, 9.17) is 14.2 Å². The molecule has 12 heteroatoms. The van der Waals surface area contributed by atoms with Gasteiger partial charge in [0.05, 0.1) is 24.1 Å². The summed E-state index contributed by atoms with van der Waals surface area (Å²) in [4.78, 5) is 56.9. The number of rotatable bonds is 11. The molecular weight excluding hydrogens is 550 g/mol. The normalized spacial score (nSPS) is 27.6. The predicted molar refractivity (Wildman–Crippen MR) is 152 cm³/mol. The van der Waals surface area contributed by atoms with Crippen molar-refractivity contribution in [3.63, 3.8) is 0 Å². The van der Waals surface area contributed by atoms with Crippen LogP contribution in [0.1, 0.15) is 20.3 Å². The number of aliphatic hydroxyl groups is 1. The Balaban J connectivity index is 1.57. The third kappa shape index (κ3) is 5.94. The van der Waals surface area contributed by atoms with Crippen molar-refractivity contribution in [1.82, 2.24) is 14.7 Å². The summed E-state index contributed by atoms with van der Waals surface area (Å²) in [5.41, 5.74) is 1.09. The Bertz CT molecular complexity index is 1180. The average Bonchev–Trinajstić information content (AvgIpc) is 3.65. The van der Waals surface area contributed by atoms with Crippen LogP contribution in [0.5, 0.6) is 0 Å². The molecule has 0 aromatic carbocycles. The van der Waals surface area contributed by atoms with Crippen molar-refractivity contribution in [1.29, 1.82) is 0 Å². The molecule has 0 unspecified atom stereocenters. The second kappa shape index (κ2) is 13.0. The molecule has 0 aliphatic carbocycles. The Kier molecular flexibility index (Phi) is 9.64. The third-order valence-corrected chi connectivity index (χ3v) is 9.20. The van der Waals surface area contributed by atoms with Crippen molar-refractivity contribution < 1.29 is 38.5 Å². The zero-order valence-corrected chi connectivity index (χ0v) is 24.2. The van der Waals surface area contributed by atoms with E-state index in [1.165, 1.54) is 34.9 Å². The summed E-state index contributed by atoms with van der Waals surface area (Å²) >= 11 is 1.45. The maximum Gasteiger partial charge on any atom is 0.410 e. The third-order valence-electron chi connectivity index (χ3n) is 7.71. The number of ether oxygens (including phenoxy) is 3. The van der Waals surface area contributed by atoms with Crippen LogP contribution in [0.15, 0.2) is 60.2 Å². The van der Waals surface area contributed by atoms with Crippen molar-refractivity contribution in [2.75, 3.05) is 39.5 Å². The number of hydrogen-bond donors (Lipinski definition) is 1. The van der Waals surface area contributed by atoms with Crippen LogP contribution >= 0.6 is 11.8 Å². The summed E-state index contributed by atoms with van der Waals surface area (Å²) in [7, 11) is 0. The van der Waals surface area contributed by atoms with Crippen LogP contribution in [0.25, 0.3) is 0 Å². The van der Waals surface area contributed by atoms with Crippen molar-refractivity contribution in [2.24, 2.45) is 11.8 Å². The molecule has 2 saturated heterocycles. The lowest BCUT2D eigenvalue weighted by Gasteiger charge is -2.46. The first-order valence-electron chi connectivity index (χ1n) is 13.6. The minimum atomic E-state index is -0.859. The molecule has 1 N–H and O–H groups in total. The molecule has 4 heterocycles. The summed E-state index contributed by atoms with van der Waals surface area (Å²) in [5.74, 6) is -1.76. The lowest BCUT2D eigenvalue weighted by atomic mass is 9.79. The molecule has 4 aliphatic heterocycles. The standard InChI is InChI=1S/C29H37N3O8S/c1-6-11-38-27(35)24-25(17(4)23-22(18(5)33)26(34)32(23)24)41-20-14-21(31(16-20)29(37)40-13-8-3)19-9-10-30(15-19)28(36)39-12-7-2/h6-9,17-18,20-23,33H,1-3,10-16H2,4-5H3/t17-,18-,20+,21+,22-,23-/m1/s1. The van der Waals surface area contributed by atoms with Gasteiger partial charge in [-0.15, -0.1) is 11.8 Å². The monoisotopic (exact) mass is 587 g/mol. The van der Waals surface area contributed by atoms with Gasteiger partial charge in [0.15, 0.2) is 0 Å². The van der Waals surface area contributed by atoms with Gasteiger partial charge in [-0.25, -0.2) is 14.4 Å². The molecule has 0 bridgehead atoms. The maximum absolute atomic E-state index is 13.1. The zero-order valence-electron chi connectivity index (χ0n) is 23.4.